The van der Waals surface area contributed by atoms with Gasteiger partial charge < -0.3 is 21.3 Å². The zero-order valence-electron chi connectivity index (χ0n) is 8.77. The van der Waals surface area contributed by atoms with Gasteiger partial charge in [-0.25, -0.2) is 0 Å². The molecule has 1 aliphatic heterocycles. The summed E-state index contributed by atoms with van der Waals surface area (Å²) >= 11 is 0. The van der Waals surface area contributed by atoms with Crippen LogP contribution in [0.3, 0.4) is 0 Å². The SMILES string of the molecule is O=C1CNCCNCC(=O)NCCCN1. The average Bonchev–Trinajstić information content (AvgIpc) is 2.23. The molecule has 86 valence electrons. The highest BCUT2D eigenvalue weighted by molar-refractivity contribution is 5.78. The normalized spacial score (nSPS) is 21.6. The number of rotatable bonds is 0. The molecule has 0 aromatic heterocycles. The van der Waals surface area contributed by atoms with E-state index in [1.54, 1.807) is 0 Å². The maximum atomic E-state index is 11.2. The Bertz CT molecular complexity index is 198. The van der Waals surface area contributed by atoms with Crippen LogP contribution >= 0.6 is 0 Å². The average molecular weight is 214 g/mol. The van der Waals surface area contributed by atoms with Crippen molar-refractivity contribution in [1.29, 1.82) is 0 Å². The minimum atomic E-state index is 0.000531. The highest BCUT2D eigenvalue weighted by Crippen LogP contribution is 1.76. The Labute approximate surface area is 89.2 Å². The molecule has 1 fully saturated rings. The molecule has 15 heavy (non-hydrogen) atoms. The molecule has 0 aromatic carbocycles. The summed E-state index contributed by atoms with van der Waals surface area (Å²) in [4.78, 5) is 22.3. The highest BCUT2D eigenvalue weighted by atomic mass is 16.2. The van der Waals surface area contributed by atoms with E-state index < -0.39 is 0 Å². The maximum absolute atomic E-state index is 11.2. The first-order chi connectivity index (χ1) is 7.29. The van der Waals surface area contributed by atoms with Crippen LogP contribution in [0.5, 0.6) is 0 Å². The quantitative estimate of drug-likeness (QED) is 0.369. The zero-order valence-corrected chi connectivity index (χ0v) is 8.77. The highest BCUT2D eigenvalue weighted by Gasteiger charge is 2.03. The number of hydrogen-bond acceptors (Lipinski definition) is 4. The summed E-state index contributed by atoms with van der Waals surface area (Å²) in [7, 11) is 0. The Morgan fingerprint density at radius 1 is 0.733 bits per heavy atom. The van der Waals surface area contributed by atoms with Gasteiger partial charge in [-0.05, 0) is 6.42 Å². The molecule has 2 amide bonds. The van der Waals surface area contributed by atoms with Crippen LogP contribution in [0, 0.1) is 0 Å². The second kappa shape index (κ2) is 7.19. The van der Waals surface area contributed by atoms with E-state index in [0.717, 1.165) is 6.42 Å². The minimum Gasteiger partial charge on any atom is -0.355 e. The molecule has 0 radical (unpaired) electrons. The topological polar surface area (TPSA) is 82.3 Å². The predicted octanol–water partition coefficient (Wildman–Crippen LogP) is -2.20. The molecule has 0 atom stereocenters. The molecule has 6 heteroatoms. The zero-order chi connectivity index (χ0) is 10.9. The largest absolute Gasteiger partial charge is 0.355 e. The number of amides is 2. The Morgan fingerprint density at radius 3 is 1.67 bits per heavy atom. The molecule has 4 N–H and O–H groups in total. The van der Waals surface area contributed by atoms with Crippen molar-refractivity contribution in [2.45, 2.75) is 6.42 Å². The summed E-state index contributed by atoms with van der Waals surface area (Å²) in [5.74, 6) is 0.00106. The summed E-state index contributed by atoms with van der Waals surface area (Å²) in [6.07, 6.45) is 0.761. The van der Waals surface area contributed by atoms with E-state index in [0.29, 0.717) is 39.3 Å². The van der Waals surface area contributed by atoms with Gasteiger partial charge in [0.2, 0.25) is 11.8 Å². The van der Waals surface area contributed by atoms with Gasteiger partial charge in [0.05, 0.1) is 13.1 Å². The van der Waals surface area contributed by atoms with Crippen molar-refractivity contribution in [3.05, 3.63) is 0 Å². The molecular weight excluding hydrogens is 196 g/mol. The molecule has 0 bridgehead atoms. The van der Waals surface area contributed by atoms with Crippen molar-refractivity contribution in [2.24, 2.45) is 0 Å². The van der Waals surface area contributed by atoms with Crippen molar-refractivity contribution in [2.75, 3.05) is 39.3 Å². The van der Waals surface area contributed by atoms with Crippen LogP contribution in [-0.4, -0.2) is 51.1 Å². The van der Waals surface area contributed by atoms with Gasteiger partial charge in [-0.2, -0.15) is 0 Å². The Hall–Kier alpha value is -1.14. The van der Waals surface area contributed by atoms with Crippen LogP contribution in [0.2, 0.25) is 0 Å². The van der Waals surface area contributed by atoms with Crippen molar-refractivity contribution in [1.82, 2.24) is 21.3 Å². The monoisotopic (exact) mass is 214 g/mol. The summed E-state index contributed by atoms with van der Waals surface area (Å²) in [6, 6.07) is 0. The third-order valence-corrected chi connectivity index (χ3v) is 2.05. The number of hydrogen-bond donors (Lipinski definition) is 4. The van der Waals surface area contributed by atoms with E-state index in [4.69, 9.17) is 0 Å². The molecule has 0 aliphatic carbocycles. The second-order valence-electron chi connectivity index (χ2n) is 3.41. The number of carbonyl (C=O) groups excluding carboxylic acids is 2. The van der Waals surface area contributed by atoms with Crippen LogP contribution in [-0.2, 0) is 9.59 Å². The molecular formula is C9H18N4O2. The summed E-state index contributed by atoms with van der Waals surface area (Å²) in [5, 5.41) is 11.5. The molecule has 0 aromatic rings. The lowest BCUT2D eigenvalue weighted by Crippen LogP contribution is -2.38. The van der Waals surface area contributed by atoms with E-state index in [2.05, 4.69) is 21.3 Å². The predicted molar refractivity (Wildman–Crippen MR) is 56.4 cm³/mol. The molecule has 1 saturated heterocycles. The van der Waals surface area contributed by atoms with Gasteiger partial charge in [0.1, 0.15) is 0 Å². The molecule has 1 rings (SSSR count). The fourth-order valence-electron chi connectivity index (χ4n) is 1.25. The van der Waals surface area contributed by atoms with E-state index in [1.807, 2.05) is 0 Å². The van der Waals surface area contributed by atoms with Crippen molar-refractivity contribution >= 4 is 11.8 Å². The number of carbonyl (C=O) groups is 2. The summed E-state index contributed by atoms with van der Waals surface area (Å²) in [5.41, 5.74) is 0. The van der Waals surface area contributed by atoms with Crippen LogP contribution in [0.15, 0.2) is 0 Å². The lowest BCUT2D eigenvalue weighted by atomic mass is 10.4. The van der Waals surface area contributed by atoms with Gasteiger partial charge >= 0.3 is 0 Å². The molecule has 0 spiro atoms. The number of nitrogens with one attached hydrogen (secondary N) is 4. The lowest BCUT2D eigenvalue weighted by Gasteiger charge is -2.05. The summed E-state index contributed by atoms with van der Waals surface area (Å²) < 4.78 is 0. The van der Waals surface area contributed by atoms with Crippen LogP contribution < -0.4 is 21.3 Å². The molecule has 1 aliphatic rings. The van der Waals surface area contributed by atoms with E-state index in [-0.39, 0.29) is 11.8 Å². The Balaban J connectivity index is 2.26. The van der Waals surface area contributed by atoms with Crippen molar-refractivity contribution in [3.8, 4) is 0 Å². The Morgan fingerprint density at radius 2 is 1.20 bits per heavy atom. The standard InChI is InChI=1S/C9H18N4O2/c14-8-6-10-4-5-11-7-9(15)13-3-1-2-12-8/h10-11H,1-7H2,(H,12,14)(H,13,15). The Kier molecular flexibility index (Phi) is 5.72. The van der Waals surface area contributed by atoms with Gasteiger partial charge in [0.25, 0.3) is 0 Å². The first-order valence-electron chi connectivity index (χ1n) is 5.24. The van der Waals surface area contributed by atoms with E-state index in [9.17, 15) is 9.59 Å². The van der Waals surface area contributed by atoms with Crippen molar-refractivity contribution < 1.29 is 9.59 Å². The first kappa shape index (κ1) is 11.9. The first-order valence-corrected chi connectivity index (χ1v) is 5.24. The maximum Gasteiger partial charge on any atom is 0.233 e. The smallest absolute Gasteiger partial charge is 0.233 e. The van der Waals surface area contributed by atoms with Gasteiger partial charge in [-0.3, -0.25) is 9.59 Å². The minimum absolute atomic E-state index is 0.000531. The third kappa shape index (κ3) is 6.03. The fourth-order valence-corrected chi connectivity index (χ4v) is 1.25. The van der Waals surface area contributed by atoms with Crippen molar-refractivity contribution in [3.63, 3.8) is 0 Å². The molecule has 1 heterocycles. The molecule has 0 unspecified atom stereocenters. The third-order valence-electron chi connectivity index (χ3n) is 2.05. The fraction of sp³-hybridized carbons (Fsp3) is 0.778. The summed E-state index contributed by atoms with van der Waals surface area (Å²) in [6.45, 7) is 3.25. The lowest BCUT2D eigenvalue weighted by molar-refractivity contribution is -0.120. The molecule has 6 nitrogen and oxygen atoms in total. The second-order valence-corrected chi connectivity index (χ2v) is 3.41. The van der Waals surface area contributed by atoms with E-state index >= 15 is 0 Å². The molecule has 0 saturated carbocycles. The van der Waals surface area contributed by atoms with Gasteiger partial charge in [-0.1, -0.05) is 0 Å². The van der Waals surface area contributed by atoms with E-state index in [1.165, 1.54) is 0 Å². The van der Waals surface area contributed by atoms with Gasteiger partial charge in [0, 0.05) is 26.2 Å². The van der Waals surface area contributed by atoms with Crippen LogP contribution in [0.25, 0.3) is 0 Å². The van der Waals surface area contributed by atoms with Gasteiger partial charge in [0.15, 0.2) is 0 Å². The van der Waals surface area contributed by atoms with Crippen LogP contribution in [0.1, 0.15) is 6.42 Å². The van der Waals surface area contributed by atoms with Crippen LogP contribution in [0.4, 0.5) is 0 Å². The van der Waals surface area contributed by atoms with Gasteiger partial charge in [-0.15, -0.1) is 0 Å².